The summed E-state index contributed by atoms with van der Waals surface area (Å²) >= 11 is 0. The highest BCUT2D eigenvalue weighted by Gasteiger charge is 2.04. The number of aryl methyl sites for hydroxylation is 1. The molecule has 1 N–H and O–H groups in total. The molecule has 0 unspecified atom stereocenters. The van der Waals surface area contributed by atoms with Crippen molar-refractivity contribution < 1.29 is 9.53 Å². The number of benzene rings is 2. The average molecular weight is 269 g/mol. The van der Waals surface area contributed by atoms with Gasteiger partial charge in [0, 0.05) is 24.2 Å². The molecule has 104 valence electrons. The number of hydrogen-bond acceptors (Lipinski definition) is 3. The fourth-order valence-corrected chi connectivity index (χ4v) is 1.91. The molecule has 0 aliphatic rings. The largest absolute Gasteiger partial charge is 0.497 e. The Labute approximate surface area is 119 Å². The van der Waals surface area contributed by atoms with Crippen LogP contribution in [0.15, 0.2) is 48.5 Å². The number of ketones is 1. The van der Waals surface area contributed by atoms with Gasteiger partial charge in [-0.15, -0.1) is 0 Å². The molecule has 0 aliphatic heterocycles. The van der Waals surface area contributed by atoms with Gasteiger partial charge in [-0.2, -0.15) is 0 Å². The smallest absolute Gasteiger partial charge is 0.164 e. The standard InChI is InChI=1S/C17H19NO2/c1-13-3-5-14(6-4-13)17(19)11-12-18-15-7-9-16(20-2)10-8-15/h3-10,18H,11-12H2,1-2H3. The van der Waals surface area contributed by atoms with Crippen LogP contribution in [0.4, 0.5) is 5.69 Å². The molecule has 0 radical (unpaired) electrons. The number of rotatable bonds is 6. The molecule has 0 aliphatic carbocycles. The molecule has 2 rings (SSSR count). The summed E-state index contributed by atoms with van der Waals surface area (Å²) in [6, 6.07) is 15.4. The lowest BCUT2D eigenvalue weighted by atomic mass is 10.1. The molecule has 0 fully saturated rings. The first-order valence-electron chi connectivity index (χ1n) is 6.67. The van der Waals surface area contributed by atoms with E-state index in [9.17, 15) is 4.79 Å². The number of anilines is 1. The molecule has 0 bridgehead atoms. The van der Waals surface area contributed by atoms with Crippen LogP contribution >= 0.6 is 0 Å². The number of carbonyl (C=O) groups excluding carboxylic acids is 1. The van der Waals surface area contributed by atoms with E-state index in [1.54, 1.807) is 7.11 Å². The minimum absolute atomic E-state index is 0.158. The molecule has 20 heavy (non-hydrogen) atoms. The van der Waals surface area contributed by atoms with Crippen molar-refractivity contribution in [3.8, 4) is 5.75 Å². The Kier molecular flexibility index (Phi) is 4.77. The minimum Gasteiger partial charge on any atom is -0.497 e. The third-order valence-corrected chi connectivity index (χ3v) is 3.14. The maximum atomic E-state index is 12.0. The highest BCUT2D eigenvalue weighted by atomic mass is 16.5. The minimum atomic E-state index is 0.158. The molecule has 0 spiro atoms. The monoisotopic (exact) mass is 269 g/mol. The van der Waals surface area contributed by atoms with Gasteiger partial charge in [-0.25, -0.2) is 0 Å². The van der Waals surface area contributed by atoms with E-state index in [0.717, 1.165) is 22.6 Å². The Hall–Kier alpha value is -2.29. The molecule has 0 saturated carbocycles. The van der Waals surface area contributed by atoms with Crippen LogP contribution in [-0.4, -0.2) is 19.4 Å². The summed E-state index contributed by atoms with van der Waals surface area (Å²) in [5.74, 6) is 0.984. The maximum absolute atomic E-state index is 12.0. The Morgan fingerprint density at radius 2 is 1.70 bits per heavy atom. The van der Waals surface area contributed by atoms with E-state index in [2.05, 4.69) is 5.32 Å². The van der Waals surface area contributed by atoms with Crippen LogP contribution < -0.4 is 10.1 Å². The van der Waals surface area contributed by atoms with E-state index in [4.69, 9.17) is 4.74 Å². The zero-order chi connectivity index (χ0) is 14.4. The van der Waals surface area contributed by atoms with Gasteiger partial charge in [0.1, 0.15) is 5.75 Å². The van der Waals surface area contributed by atoms with Crippen molar-refractivity contribution in [2.24, 2.45) is 0 Å². The van der Waals surface area contributed by atoms with Crippen LogP contribution in [0, 0.1) is 6.92 Å². The first-order valence-corrected chi connectivity index (χ1v) is 6.67. The van der Waals surface area contributed by atoms with E-state index in [1.165, 1.54) is 0 Å². The molecular weight excluding hydrogens is 250 g/mol. The van der Waals surface area contributed by atoms with Crippen molar-refractivity contribution in [2.75, 3.05) is 19.0 Å². The molecule has 2 aromatic rings. The van der Waals surface area contributed by atoms with E-state index < -0.39 is 0 Å². The molecule has 0 saturated heterocycles. The number of hydrogen-bond donors (Lipinski definition) is 1. The van der Waals surface area contributed by atoms with Crippen molar-refractivity contribution in [2.45, 2.75) is 13.3 Å². The highest BCUT2D eigenvalue weighted by molar-refractivity contribution is 5.96. The van der Waals surface area contributed by atoms with Crippen molar-refractivity contribution in [1.29, 1.82) is 0 Å². The molecule has 2 aromatic carbocycles. The van der Waals surface area contributed by atoms with Gasteiger partial charge in [0.05, 0.1) is 7.11 Å². The molecular formula is C17H19NO2. The predicted octanol–water partition coefficient (Wildman–Crippen LogP) is 3.69. The second-order valence-corrected chi connectivity index (χ2v) is 4.69. The summed E-state index contributed by atoms with van der Waals surface area (Å²) < 4.78 is 5.10. The van der Waals surface area contributed by atoms with Gasteiger partial charge in [-0.3, -0.25) is 4.79 Å². The predicted molar refractivity (Wildman–Crippen MR) is 81.6 cm³/mol. The van der Waals surface area contributed by atoms with Gasteiger partial charge in [0.15, 0.2) is 5.78 Å². The summed E-state index contributed by atoms with van der Waals surface area (Å²) in [6.07, 6.45) is 0.481. The van der Waals surface area contributed by atoms with Crippen LogP contribution in [0.25, 0.3) is 0 Å². The second-order valence-electron chi connectivity index (χ2n) is 4.69. The summed E-state index contributed by atoms with van der Waals surface area (Å²) in [4.78, 5) is 12.0. The van der Waals surface area contributed by atoms with E-state index in [-0.39, 0.29) is 5.78 Å². The fraction of sp³-hybridized carbons (Fsp3) is 0.235. The van der Waals surface area contributed by atoms with Crippen molar-refractivity contribution in [3.63, 3.8) is 0 Å². The SMILES string of the molecule is COc1ccc(NCCC(=O)c2ccc(C)cc2)cc1. The molecule has 3 heteroatoms. The van der Waals surface area contributed by atoms with Crippen molar-refractivity contribution >= 4 is 11.5 Å². The molecule has 0 atom stereocenters. The lowest BCUT2D eigenvalue weighted by molar-refractivity contribution is 0.0986. The Bertz CT molecular complexity index is 559. The van der Waals surface area contributed by atoms with Crippen LogP contribution in [0.3, 0.4) is 0 Å². The second kappa shape index (κ2) is 6.75. The first kappa shape index (κ1) is 14.1. The number of nitrogens with one attached hydrogen (secondary N) is 1. The average Bonchev–Trinajstić information content (AvgIpc) is 2.48. The zero-order valence-corrected chi connectivity index (χ0v) is 11.8. The lowest BCUT2D eigenvalue weighted by Gasteiger charge is -2.07. The lowest BCUT2D eigenvalue weighted by Crippen LogP contribution is -2.08. The fourth-order valence-electron chi connectivity index (χ4n) is 1.91. The number of methoxy groups -OCH3 is 1. The summed E-state index contributed by atoms with van der Waals surface area (Å²) in [5, 5.41) is 3.23. The van der Waals surface area contributed by atoms with Gasteiger partial charge in [-0.05, 0) is 31.2 Å². The molecule has 0 heterocycles. The zero-order valence-electron chi connectivity index (χ0n) is 11.8. The topological polar surface area (TPSA) is 38.3 Å². The van der Waals surface area contributed by atoms with Gasteiger partial charge < -0.3 is 10.1 Å². The van der Waals surface area contributed by atoms with Crippen LogP contribution in [-0.2, 0) is 0 Å². The number of Topliss-reactive ketones (excluding diaryl/α,β-unsaturated/α-hetero) is 1. The molecule has 0 aromatic heterocycles. The van der Waals surface area contributed by atoms with Crippen LogP contribution in [0.5, 0.6) is 5.75 Å². The summed E-state index contributed by atoms with van der Waals surface area (Å²) in [6.45, 7) is 2.64. The first-order chi connectivity index (χ1) is 9.69. The third kappa shape index (κ3) is 3.85. The number of ether oxygens (including phenoxy) is 1. The Morgan fingerprint density at radius 3 is 2.30 bits per heavy atom. The maximum Gasteiger partial charge on any atom is 0.164 e. The van der Waals surface area contributed by atoms with E-state index in [1.807, 2.05) is 55.5 Å². The van der Waals surface area contributed by atoms with Gasteiger partial charge >= 0.3 is 0 Å². The van der Waals surface area contributed by atoms with Gasteiger partial charge in [0.2, 0.25) is 0 Å². The highest BCUT2D eigenvalue weighted by Crippen LogP contribution is 2.15. The van der Waals surface area contributed by atoms with E-state index in [0.29, 0.717) is 13.0 Å². The normalized spacial score (nSPS) is 10.1. The van der Waals surface area contributed by atoms with Crippen molar-refractivity contribution in [1.82, 2.24) is 0 Å². The third-order valence-electron chi connectivity index (χ3n) is 3.14. The number of carbonyl (C=O) groups is 1. The molecule has 0 amide bonds. The summed E-state index contributed by atoms with van der Waals surface area (Å²) in [5.41, 5.74) is 2.92. The Morgan fingerprint density at radius 1 is 1.05 bits per heavy atom. The quantitative estimate of drug-likeness (QED) is 0.813. The van der Waals surface area contributed by atoms with Gasteiger partial charge in [-0.1, -0.05) is 29.8 Å². The van der Waals surface area contributed by atoms with Crippen LogP contribution in [0.2, 0.25) is 0 Å². The molecule has 3 nitrogen and oxygen atoms in total. The van der Waals surface area contributed by atoms with Crippen LogP contribution in [0.1, 0.15) is 22.3 Å². The van der Waals surface area contributed by atoms with Crippen molar-refractivity contribution in [3.05, 3.63) is 59.7 Å². The summed E-state index contributed by atoms with van der Waals surface area (Å²) in [7, 11) is 1.64. The Balaban J connectivity index is 1.82. The van der Waals surface area contributed by atoms with E-state index >= 15 is 0 Å². The van der Waals surface area contributed by atoms with Gasteiger partial charge in [0.25, 0.3) is 0 Å².